The Labute approximate surface area is 332 Å². The van der Waals surface area contributed by atoms with Gasteiger partial charge in [0.05, 0.1) is 70.1 Å². The molecule has 0 bridgehead atoms. The van der Waals surface area contributed by atoms with Gasteiger partial charge in [0.25, 0.3) is 0 Å². The van der Waals surface area contributed by atoms with Crippen molar-refractivity contribution in [1.29, 1.82) is 0 Å². The molecule has 0 fully saturated rings. The number of aromatic hydroxyl groups is 1. The molecule has 12 nitrogen and oxygen atoms in total. The molecule has 4 aliphatic rings. The van der Waals surface area contributed by atoms with E-state index in [1.807, 2.05) is 6.92 Å². The van der Waals surface area contributed by atoms with E-state index in [9.17, 15) is 5.11 Å². The normalized spacial score (nSPS) is 15.3. The van der Waals surface area contributed by atoms with Gasteiger partial charge in [-0.3, -0.25) is 0 Å². The predicted octanol–water partition coefficient (Wildman–Crippen LogP) is 9.52. The van der Waals surface area contributed by atoms with E-state index in [1.165, 1.54) is 41.1 Å². The first-order chi connectivity index (χ1) is 26.5. The average molecular weight is 847 g/mol. The van der Waals surface area contributed by atoms with Crippen molar-refractivity contribution in [2.75, 3.05) is 74.2 Å². The molecule has 10 rings (SSSR count). The Kier molecular flexibility index (Phi) is 8.59. The minimum atomic E-state index is 0.0689. The standard InChI is InChI=1S/C36H30O12S6/c1-14-16-20(42-6-5-41-16)31(50-14)34-24-26(48-12-10-46-24)36(54-34)35-25-23(45-9-11-47-25)33(53-35)29-19(40-4)18(39-3)28(51-29)32-22-21(43-7-8-44-22)30(52-32)27-17(38-2)15(37)13-49-27/h13,37H,5-12H2,1-4H3. The molecule has 54 heavy (non-hydrogen) atoms. The van der Waals surface area contributed by atoms with Crippen LogP contribution in [0.3, 0.4) is 0 Å². The molecule has 6 aromatic heterocycles. The van der Waals surface area contributed by atoms with Crippen molar-refractivity contribution in [3.05, 3.63) is 10.3 Å². The maximum Gasteiger partial charge on any atom is 0.181 e. The lowest BCUT2D eigenvalue weighted by atomic mass is 10.2. The second-order valence-corrected chi connectivity index (χ2v) is 18.2. The van der Waals surface area contributed by atoms with Crippen LogP contribution < -0.4 is 52.1 Å². The van der Waals surface area contributed by atoms with Crippen LogP contribution >= 0.6 is 68.0 Å². The summed E-state index contributed by atoms with van der Waals surface area (Å²) < 4.78 is 67.9. The molecule has 4 aliphatic heterocycles. The van der Waals surface area contributed by atoms with Gasteiger partial charge in [-0.25, -0.2) is 0 Å². The molecule has 6 aromatic rings. The second-order valence-electron chi connectivity index (χ2n) is 12.0. The van der Waals surface area contributed by atoms with E-state index in [4.69, 9.17) is 52.1 Å². The quantitative estimate of drug-likeness (QED) is 0.157. The predicted molar refractivity (Wildman–Crippen MR) is 211 cm³/mol. The lowest BCUT2D eigenvalue weighted by molar-refractivity contribution is 0.171. The Hall–Kier alpha value is -4.20. The van der Waals surface area contributed by atoms with Gasteiger partial charge < -0.3 is 57.2 Å². The molecular formula is C36H30O12S6. The Balaban J connectivity index is 1.14. The Morgan fingerprint density at radius 3 is 1.09 bits per heavy atom. The van der Waals surface area contributed by atoms with Gasteiger partial charge in [-0.05, 0) is 6.92 Å². The molecule has 0 aromatic carbocycles. The molecule has 282 valence electrons. The summed E-state index contributed by atoms with van der Waals surface area (Å²) in [6.45, 7) is 5.47. The van der Waals surface area contributed by atoms with E-state index in [1.54, 1.807) is 53.6 Å². The number of hydrogen-bond donors (Lipinski definition) is 1. The minimum absolute atomic E-state index is 0.0689. The molecular weight excluding hydrogens is 817 g/mol. The fraction of sp³-hybridized carbons (Fsp3) is 0.333. The summed E-state index contributed by atoms with van der Waals surface area (Å²) in [5, 5.41) is 12.1. The number of methoxy groups -OCH3 is 3. The summed E-state index contributed by atoms with van der Waals surface area (Å²) in [6.07, 6.45) is 0. The molecule has 0 amide bonds. The number of thiophene rings is 6. The Bertz CT molecular complexity index is 2420. The number of rotatable bonds is 8. The highest BCUT2D eigenvalue weighted by Gasteiger charge is 2.39. The molecule has 0 atom stereocenters. The van der Waals surface area contributed by atoms with Gasteiger partial charge in [0.15, 0.2) is 69.0 Å². The third-order valence-corrected chi connectivity index (χ3v) is 16.4. The molecule has 0 unspecified atom stereocenters. The summed E-state index contributed by atoms with van der Waals surface area (Å²) in [4.78, 5) is 9.48. The Morgan fingerprint density at radius 1 is 0.407 bits per heavy atom. The molecule has 0 spiro atoms. The lowest BCUT2D eigenvalue weighted by Gasteiger charge is -2.19. The van der Waals surface area contributed by atoms with E-state index < -0.39 is 0 Å². The molecule has 18 heteroatoms. The fourth-order valence-electron chi connectivity index (χ4n) is 6.76. The van der Waals surface area contributed by atoms with Crippen LogP contribution in [-0.4, -0.2) is 79.3 Å². The van der Waals surface area contributed by atoms with Crippen molar-refractivity contribution < 1.29 is 57.2 Å². The monoisotopic (exact) mass is 846 g/mol. The van der Waals surface area contributed by atoms with Crippen molar-refractivity contribution in [3.8, 4) is 118 Å². The van der Waals surface area contributed by atoms with Gasteiger partial charge in [0, 0.05) is 10.3 Å². The smallest absolute Gasteiger partial charge is 0.181 e. The van der Waals surface area contributed by atoms with Crippen LogP contribution in [0.15, 0.2) is 5.38 Å². The zero-order chi connectivity index (χ0) is 36.7. The van der Waals surface area contributed by atoms with E-state index in [2.05, 4.69) is 0 Å². The van der Waals surface area contributed by atoms with Gasteiger partial charge in [-0.1, -0.05) is 0 Å². The molecule has 0 saturated carbocycles. The SMILES string of the molecule is COc1c(O)csc1-c1sc(-c2sc(-c3sc(-c4sc(-c5sc(C)c6c5OCCO6)c5c4OCCO5)c4c3OCCO4)c(OC)c2OC)c2c1OCCO2. The van der Waals surface area contributed by atoms with E-state index >= 15 is 0 Å². The van der Waals surface area contributed by atoms with Gasteiger partial charge in [0.1, 0.15) is 52.9 Å². The maximum absolute atomic E-state index is 10.5. The maximum atomic E-state index is 10.5. The van der Waals surface area contributed by atoms with Crippen LogP contribution in [0.1, 0.15) is 4.88 Å². The van der Waals surface area contributed by atoms with E-state index in [0.29, 0.717) is 105 Å². The van der Waals surface area contributed by atoms with Crippen LogP contribution in [-0.2, 0) is 0 Å². The summed E-state index contributed by atoms with van der Waals surface area (Å²) in [6, 6.07) is 0. The van der Waals surface area contributed by atoms with Crippen LogP contribution in [0.4, 0.5) is 0 Å². The summed E-state index contributed by atoms with van der Waals surface area (Å²) in [7, 11) is 4.80. The highest BCUT2D eigenvalue weighted by Crippen LogP contribution is 2.67. The van der Waals surface area contributed by atoms with Gasteiger partial charge in [0.2, 0.25) is 0 Å². The van der Waals surface area contributed by atoms with Crippen molar-refractivity contribution >= 4 is 68.0 Å². The zero-order valence-electron chi connectivity index (χ0n) is 29.1. The number of ether oxygens (including phenoxy) is 11. The van der Waals surface area contributed by atoms with Crippen LogP contribution in [0.2, 0.25) is 0 Å². The number of aryl methyl sites for hydroxylation is 1. The number of fused-ring (bicyclic) bond motifs is 4. The van der Waals surface area contributed by atoms with Crippen LogP contribution in [0.5, 0.6) is 69.0 Å². The summed E-state index contributed by atoms with van der Waals surface area (Å²) in [5.41, 5.74) is 0. The van der Waals surface area contributed by atoms with E-state index in [0.717, 1.165) is 65.1 Å². The third kappa shape index (κ3) is 5.13. The van der Waals surface area contributed by atoms with Crippen molar-refractivity contribution in [1.82, 2.24) is 0 Å². The largest absolute Gasteiger partial charge is 0.504 e. The molecule has 0 radical (unpaired) electrons. The molecule has 10 heterocycles. The topological polar surface area (TPSA) is 122 Å². The third-order valence-electron chi connectivity index (χ3n) is 8.95. The van der Waals surface area contributed by atoms with Crippen LogP contribution in [0.25, 0.3) is 48.8 Å². The summed E-state index contributed by atoms with van der Waals surface area (Å²) >= 11 is 9.12. The van der Waals surface area contributed by atoms with Crippen molar-refractivity contribution in [2.24, 2.45) is 0 Å². The van der Waals surface area contributed by atoms with Crippen LogP contribution in [0, 0.1) is 6.92 Å². The molecule has 1 N–H and O–H groups in total. The highest BCUT2D eigenvalue weighted by atomic mass is 32.1. The van der Waals surface area contributed by atoms with Gasteiger partial charge in [-0.15, -0.1) is 68.0 Å². The summed E-state index contributed by atoms with van der Waals surface area (Å²) in [5.74, 6) is 6.93. The first-order valence-electron chi connectivity index (χ1n) is 16.8. The van der Waals surface area contributed by atoms with Crippen molar-refractivity contribution in [2.45, 2.75) is 6.92 Å². The second kappa shape index (κ2) is 13.5. The Morgan fingerprint density at radius 2 is 0.704 bits per heavy atom. The fourth-order valence-corrected chi connectivity index (χ4v) is 14.1. The zero-order valence-corrected chi connectivity index (χ0v) is 34.0. The van der Waals surface area contributed by atoms with Crippen molar-refractivity contribution in [3.63, 3.8) is 0 Å². The van der Waals surface area contributed by atoms with Gasteiger partial charge in [-0.2, -0.15) is 0 Å². The minimum Gasteiger partial charge on any atom is -0.504 e. The molecule has 0 aliphatic carbocycles. The first kappa shape index (κ1) is 34.3. The number of hydrogen-bond acceptors (Lipinski definition) is 18. The first-order valence-corrected chi connectivity index (χ1v) is 21.7. The highest BCUT2D eigenvalue weighted by molar-refractivity contribution is 7.31. The average Bonchev–Trinajstić information content (AvgIpc) is 4.06. The lowest BCUT2D eigenvalue weighted by Crippen LogP contribution is -2.16. The van der Waals surface area contributed by atoms with E-state index in [-0.39, 0.29) is 5.75 Å². The van der Waals surface area contributed by atoms with Gasteiger partial charge >= 0.3 is 0 Å². The molecule has 0 saturated heterocycles.